The summed E-state index contributed by atoms with van der Waals surface area (Å²) in [5.41, 5.74) is 7.14. The summed E-state index contributed by atoms with van der Waals surface area (Å²) in [5, 5.41) is 21.6. The number of oxime groups is 1. The lowest BCUT2D eigenvalue weighted by Crippen LogP contribution is -2.24. The van der Waals surface area contributed by atoms with Gasteiger partial charge in [0, 0.05) is 31.7 Å². The summed E-state index contributed by atoms with van der Waals surface area (Å²) in [6, 6.07) is 3.79. The highest BCUT2D eigenvalue weighted by molar-refractivity contribution is 5.95. The van der Waals surface area contributed by atoms with E-state index in [2.05, 4.69) is 15.0 Å². The van der Waals surface area contributed by atoms with E-state index in [1.807, 2.05) is 12.1 Å². The average molecular weight is 276 g/mol. The summed E-state index contributed by atoms with van der Waals surface area (Å²) in [4.78, 5) is 6.44. The Morgan fingerprint density at radius 1 is 1.45 bits per heavy atom. The van der Waals surface area contributed by atoms with Crippen LogP contribution in [0.5, 0.6) is 0 Å². The molecule has 1 aliphatic heterocycles. The van der Waals surface area contributed by atoms with Gasteiger partial charge in [-0.3, -0.25) is 9.88 Å². The van der Waals surface area contributed by atoms with Gasteiger partial charge in [0.05, 0.1) is 6.10 Å². The molecule has 3 unspecified atom stereocenters. The van der Waals surface area contributed by atoms with Crippen LogP contribution < -0.4 is 5.73 Å². The maximum Gasteiger partial charge on any atom is 0.188 e. The van der Waals surface area contributed by atoms with E-state index in [0.29, 0.717) is 17.5 Å². The molecule has 0 amide bonds. The van der Waals surface area contributed by atoms with Crippen molar-refractivity contribution in [1.82, 2.24) is 9.88 Å². The number of rotatable bonds is 3. The molecule has 6 nitrogen and oxygen atoms in total. The zero-order chi connectivity index (χ0) is 14.1. The minimum atomic E-state index is -0.129. The van der Waals surface area contributed by atoms with Crippen molar-refractivity contribution in [3.05, 3.63) is 29.6 Å². The highest BCUT2D eigenvalue weighted by atomic mass is 16.4. The summed E-state index contributed by atoms with van der Waals surface area (Å²) >= 11 is 0. The first-order valence-corrected chi connectivity index (χ1v) is 7.00. The summed E-state index contributed by atoms with van der Waals surface area (Å²) in [7, 11) is 0. The number of aliphatic hydroxyl groups is 1. The van der Waals surface area contributed by atoms with E-state index in [1.165, 1.54) is 0 Å². The highest BCUT2D eigenvalue weighted by Gasteiger charge is 2.41. The van der Waals surface area contributed by atoms with Crippen LogP contribution in [0.3, 0.4) is 0 Å². The Kier molecular flexibility index (Phi) is 3.58. The molecule has 0 bridgehead atoms. The lowest BCUT2D eigenvalue weighted by atomic mass is 10.00. The van der Waals surface area contributed by atoms with Crippen LogP contribution in [0.25, 0.3) is 0 Å². The lowest BCUT2D eigenvalue weighted by Gasteiger charge is -2.18. The monoisotopic (exact) mass is 276 g/mol. The molecular weight excluding hydrogens is 256 g/mol. The van der Waals surface area contributed by atoms with Crippen LogP contribution in [0.1, 0.15) is 24.1 Å². The first-order chi connectivity index (χ1) is 9.67. The molecule has 4 N–H and O–H groups in total. The first kappa shape index (κ1) is 13.3. The third kappa shape index (κ3) is 2.48. The standard InChI is InChI=1S/C14H20N4O2/c15-14(17-20)12-5-9(3-4-16-12)6-18-7-10-1-2-13(19)11(10)8-18/h3-5,10-11,13,19-20H,1-2,6-8H2,(H2,15,17). The van der Waals surface area contributed by atoms with Crippen molar-refractivity contribution in [2.24, 2.45) is 22.7 Å². The lowest BCUT2D eigenvalue weighted by molar-refractivity contribution is 0.123. The van der Waals surface area contributed by atoms with Crippen molar-refractivity contribution in [3.8, 4) is 0 Å². The average Bonchev–Trinajstić information content (AvgIpc) is 3.00. The number of aromatic nitrogens is 1. The number of nitrogens with two attached hydrogens (primary N) is 1. The van der Waals surface area contributed by atoms with Crippen molar-refractivity contribution in [1.29, 1.82) is 0 Å². The highest BCUT2D eigenvalue weighted by Crippen LogP contribution is 2.38. The van der Waals surface area contributed by atoms with Crippen LogP contribution in [0.15, 0.2) is 23.5 Å². The summed E-state index contributed by atoms with van der Waals surface area (Å²) in [5.74, 6) is 1.09. The Morgan fingerprint density at radius 3 is 3.05 bits per heavy atom. The molecule has 1 aliphatic carbocycles. The van der Waals surface area contributed by atoms with E-state index in [4.69, 9.17) is 10.9 Å². The maximum atomic E-state index is 9.94. The molecule has 2 heterocycles. The van der Waals surface area contributed by atoms with Gasteiger partial charge in [0.2, 0.25) is 0 Å². The number of aliphatic hydroxyl groups excluding tert-OH is 1. The Bertz CT molecular complexity index is 520. The van der Waals surface area contributed by atoms with Gasteiger partial charge < -0.3 is 16.0 Å². The smallest absolute Gasteiger partial charge is 0.188 e. The molecule has 1 aromatic heterocycles. The summed E-state index contributed by atoms with van der Waals surface area (Å²) < 4.78 is 0. The zero-order valence-corrected chi connectivity index (χ0v) is 11.3. The molecular formula is C14H20N4O2. The third-order valence-corrected chi connectivity index (χ3v) is 4.50. The minimum absolute atomic E-state index is 0.0283. The van der Waals surface area contributed by atoms with Crippen molar-refractivity contribution in [2.45, 2.75) is 25.5 Å². The molecule has 2 fully saturated rings. The van der Waals surface area contributed by atoms with Gasteiger partial charge in [0.25, 0.3) is 0 Å². The van der Waals surface area contributed by atoms with Gasteiger partial charge in [-0.1, -0.05) is 5.16 Å². The number of pyridine rings is 1. The fraction of sp³-hybridized carbons (Fsp3) is 0.571. The maximum absolute atomic E-state index is 9.94. The predicted octanol–water partition coefficient (Wildman–Crippen LogP) is 0.379. The van der Waals surface area contributed by atoms with Crippen LogP contribution in [0, 0.1) is 11.8 Å². The van der Waals surface area contributed by atoms with Gasteiger partial charge in [-0.25, -0.2) is 0 Å². The zero-order valence-electron chi connectivity index (χ0n) is 11.3. The molecule has 20 heavy (non-hydrogen) atoms. The van der Waals surface area contributed by atoms with Gasteiger partial charge in [-0.15, -0.1) is 0 Å². The predicted molar refractivity (Wildman–Crippen MR) is 74.2 cm³/mol. The molecule has 2 aliphatic rings. The fourth-order valence-electron chi connectivity index (χ4n) is 3.48. The summed E-state index contributed by atoms with van der Waals surface area (Å²) in [6.45, 7) is 2.81. The van der Waals surface area contributed by atoms with Gasteiger partial charge in [0.15, 0.2) is 5.84 Å². The quantitative estimate of drug-likeness (QED) is 0.321. The molecule has 1 aromatic rings. The largest absolute Gasteiger partial charge is 0.409 e. The van der Waals surface area contributed by atoms with Crippen molar-refractivity contribution in [3.63, 3.8) is 0 Å². The first-order valence-electron chi connectivity index (χ1n) is 7.00. The number of hydrogen-bond donors (Lipinski definition) is 3. The molecule has 3 rings (SSSR count). The normalized spacial score (nSPS) is 30.6. The molecule has 1 saturated carbocycles. The van der Waals surface area contributed by atoms with Crippen molar-refractivity contribution >= 4 is 5.84 Å². The molecule has 3 atom stereocenters. The van der Waals surface area contributed by atoms with E-state index in [0.717, 1.165) is 38.0 Å². The van der Waals surface area contributed by atoms with E-state index < -0.39 is 0 Å². The minimum Gasteiger partial charge on any atom is -0.409 e. The van der Waals surface area contributed by atoms with Gasteiger partial charge in [-0.2, -0.15) is 0 Å². The second-order valence-corrected chi connectivity index (χ2v) is 5.80. The Morgan fingerprint density at radius 2 is 2.30 bits per heavy atom. The number of hydrogen-bond acceptors (Lipinski definition) is 5. The second-order valence-electron chi connectivity index (χ2n) is 5.80. The van der Waals surface area contributed by atoms with Crippen LogP contribution in [-0.2, 0) is 6.54 Å². The molecule has 0 aromatic carbocycles. The fourth-order valence-corrected chi connectivity index (χ4v) is 3.48. The van der Waals surface area contributed by atoms with Crippen LogP contribution in [-0.4, -0.2) is 45.2 Å². The van der Waals surface area contributed by atoms with E-state index in [-0.39, 0.29) is 11.9 Å². The van der Waals surface area contributed by atoms with Crippen molar-refractivity contribution in [2.75, 3.05) is 13.1 Å². The Labute approximate surface area is 117 Å². The van der Waals surface area contributed by atoms with Crippen LogP contribution >= 0.6 is 0 Å². The van der Waals surface area contributed by atoms with Crippen LogP contribution in [0.4, 0.5) is 0 Å². The molecule has 0 radical (unpaired) electrons. The van der Waals surface area contributed by atoms with E-state index in [9.17, 15) is 5.11 Å². The Hall–Kier alpha value is -1.66. The van der Waals surface area contributed by atoms with Crippen LogP contribution in [0.2, 0.25) is 0 Å². The summed E-state index contributed by atoms with van der Waals surface area (Å²) in [6.07, 6.45) is 3.63. The SMILES string of the molecule is N/C(=N/O)c1cc(CN2CC3CCC(O)C3C2)ccn1. The Balaban J connectivity index is 1.67. The molecule has 0 spiro atoms. The molecule has 108 valence electrons. The van der Waals surface area contributed by atoms with Gasteiger partial charge >= 0.3 is 0 Å². The van der Waals surface area contributed by atoms with Crippen molar-refractivity contribution < 1.29 is 10.3 Å². The molecule has 6 heteroatoms. The number of amidine groups is 1. The van der Waals surface area contributed by atoms with Gasteiger partial charge in [0.1, 0.15) is 5.69 Å². The van der Waals surface area contributed by atoms with E-state index >= 15 is 0 Å². The topological polar surface area (TPSA) is 95.0 Å². The second kappa shape index (κ2) is 5.38. The molecule has 1 saturated heterocycles. The third-order valence-electron chi connectivity index (χ3n) is 4.50. The number of nitrogens with zero attached hydrogens (tertiary/aromatic N) is 3. The number of likely N-dealkylation sites (tertiary alicyclic amines) is 1. The number of fused-ring (bicyclic) bond motifs is 1. The van der Waals surface area contributed by atoms with Gasteiger partial charge in [-0.05, 0) is 36.5 Å². The van der Waals surface area contributed by atoms with E-state index in [1.54, 1.807) is 6.20 Å².